The third-order valence-corrected chi connectivity index (χ3v) is 5.49. The van der Waals surface area contributed by atoms with Crippen molar-refractivity contribution in [2.75, 3.05) is 6.54 Å². The molecule has 2 aromatic carbocycles. The first-order valence-corrected chi connectivity index (χ1v) is 10.4. The molecule has 2 heterocycles. The Kier molecular flexibility index (Phi) is 6.00. The fourth-order valence-electron chi connectivity index (χ4n) is 3.35. The number of benzene rings is 2. The van der Waals surface area contributed by atoms with Gasteiger partial charge >= 0.3 is 0 Å². The highest BCUT2D eigenvalue weighted by atomic mass is 79.9. The van der Waals surface area contributed by atoms with Gasteiger partial charge in [0.2, 0.25) is 0 Å². The topological polar surface area (TPSA) is 59.8 Å². The summed E-state index contributed by atoms with van der Waals surface area (Å²) in [5.41, 5.74) is 3.64. The molecule has 5 nitrogen and oxygen atoms in total. The van der Waals surface area contributed by atoms with Gasteiger partial charge in [0, 0.05) is 30.2 Å². The van der Waals surface area contributed by atoms with Crippen LogP contribution in [0.3, 0.4) is 0 Å². The summed E-state index contributed by atoms with van der Waals surface area (Å²) in [4.78, 5) is 21.8. The molecule has 0 atom stereocenters. The van der Waals surface area contributed by atoms with Crippen LogP contribution in [0.1, 0.15) is 21.7 Å². The van der Waals surface area contributed by atoms with Gasteiger partial charge in [0.15, 0.2) is 5.65 Å². The highest BCUT2D eigenvalue weighted by Gasteiger charge is 2.13. The number of nitrogens with zero attached hydrogens (tertiary/aromatic N) is 3. The van der Waals surface area contributed by atoms with E-state index in [1.165, 1.54) is 5.56 Å². The van der Waals surface area contributed by atoms with Crippen molar-refractivity contribution in [3.63, 3.8) is 0 Å². The van der Waals surface area contributed by atoms with Crippen LogP contribution in [0, 0.1) is 0 Å². The molecule has 0 saturated heterocycles. The van der Waals surface area contributed by atoms with E-state index in [1.807, 2.05) is 36.4 Å². The maximum atomic E-state index is 12.5. The molecule has 0 aliphatic carbocycles. The number of carbonyl (C=O) groups is 1. The molecule has 0 saturated carbocycles. The molecule has 0 spiro atoms. The second-order valence-electron chi connectivity index (χ2n) is 6.75. The number of imidazole rings is 1. The summed E-state index contributed by atoms with van der Waals surface area (Å²) < 4.78 is 2.90. The molecule has 0 aliphatic rings. The molecule has 29 heavy (non-hydrogen) atoms. The van der Waals surface area contributed by atoms with Crippen LogP contribution >= 0.6 is 15.9 Å². The zero-order chi connectivity index (χ0) is 20.1. The van der Waals surface area contributed by atoms with Crippen molar-refractivity contribution in [3.8, 4) is 0 Å². The lowest BCUT2D eigenvalue weighted by atomic mass is 10.1. The van der Waals surface area contributed by atoms with Gasteiger partial charge in [-0.15, -0.1) is 0 Å². The number of amides is 1. The lowest BCUT2D eigenvalue weighted by molar-refractivity contribution is 0.0951. The number of nitrogens with one attached hydrogen (secondary N) is 1. The third-order valence-electron chi connectivity index (χ3n) is 4.80. The van der Waals surface area contributed by atoms with Crippen LogP contribution in [0.4, 0.5) is 0 Å². The van der Waals surface area contributed by atoms with Crippen LogP contribution in [0.2, 0.25) is 0 Å². The van der Waals surface area contributed by atoms with E-state index in [-0.39, 0.29) is 5.91 Å². The minimum atomic E-state index is -0.0966. The van der Waals surface area contributed by atoms with Gasteiger partial charge in [0.1, 0.15) is 11.3 Å². The summed E-state index contributed by atoms with van der Waals surface area (Å²) in [6.07, 6.45) is 3.51. The van der Waals surface area contributed by atoms with Crippen LogP contribution in [0.5, 0.6) is 0 Å². The summed E-state index contributed by atoms with van der Waals surface area (Å²) in [7, 11) is 0. The summed E-state index contributed by atoms with van der Waals surface area (Å²) in [5.74, 6) is 0.887. The maximum Gasteiger partial charge on any atom is 0.252 e. The van der Waals surface area contributed by atoms with E-state index >= 15 is 0 Å². The van der Waals surface area contributed by atoms with Gasteiger partial charge in [-0.25, -0.2) is 9.97 Å². The Morgan fingerprint density at radius 1 is 0.966 bits per heavy atom. The predicted molar refractivity (Wildman–Crippen MR) is 118 cm³/mol. The van der Waals surface area contributed by atoms with Crippen LogP contribution in [-0.2, 0) is 19.4 Å². The monoisotopic (exact) mass is 448 g/mol. The Hall–Kier alpha value is -2.99. The number of fused-ring (bicyclic) bond motifs is 1. The molecular formula is C23H21BrN4O. The number of carbonyl (C=O) groups excluding carboxylic acids is 1. The predicted octanol–water partition coefficient (Wildman–Crippen LogP) is 4.41. The molecule has 4 rings (SSSR count). The van der Waals surface area contributed by atoms with Crippen molar-refractivity contribution in [3.05, 3.63) is 94.4 Å². The van der Waals surface area contributed by atoms with E-state index < -0.39 is 0 Å². The smallest absolute Gasteiger partial charge is 0.252 e. The fourth-order valence-corrected chi connectivity index (χ4v) is 3.82. The average molecular weight is 449 g/mol. The lowest BCUT2D eigenvalue weighted by Crippen LogP contribution is -2.28. The van der Waals surface area contributed by atoms with E-state index in [9.17, 15) is 4.79 Å². The van der Waals surface area contributed by atoms with E-state index in [1.54, 1.807) is 12.3 Å². The Morgan fingerprint density at radius 3 is 2.59 bits per heavy atom. The van der Waals surface area contributed by atoms with Crippen LogP contribution in [-0.4, -0.2) is 27.0 Å². The van der Waals surface area contributed by atoms with Gasteiger partial charge < -0.3 is 9.88 Å². The normalized spacial score (nSPS) is 10.9. The standard InChI is InChI=1S/C23H21BrN4O/c24-19-10-5-4-9-18(19)23(29)26-15-16-28-21(13-12-17-7-2-1-3-8-17)27-20-11-6-14-25-22(20)28/h1-11,14H,12-13,15-16H2,(H,26,29). The van der Waals surface area contributed by atoms with Gasteiger partial charge in [-0.2, -0.15) is 0 Å². The number of rotatable bonds is 7. The number of hydrogen-bond acceptors (Lipinski definition) is 3. The van der Waals surface area contributed by atoms with Crippen LogP contribution in [0.25, 0.3) is 11.2 Å². The number of aryl methyl sites for hydroxylation is 2. The first kappa shape index (κ1) is 19.3. The van der Waals surface area contributed by atoms with Gasteiger partial charge in [-0.05, 0) is 52.2 Å². The van der Waals surface area contributed by atoms with Crippen molar-refractivity contribution in [2.45, 2.75) is 19.4 Å². The van der Waals surface area contributed by atoms with Gasteiger partial charge in [0.05, 0.1) is 5.56 Å². The highest BCUT2D eigenvalue weighted by Crippen LogP contribution is 2.17. The largest absolute Gasteiger partial charge is 0.350 e. The van der Waals surface area contributed by atoms with Crippen molar-refractivity contribution < 1.29 is 4.79 Å². The average Bonchev–Trinajstić information content (AvgIpc) is 3.11. The van der Waals surface area contributed by atoms with Gasteiger partial charge in [0.25, 0.3) is 5.91 Å². The molecule has 4 aromatic rings. The van der Waals surface area contributed by atoms with Gasteiger partial charge in [-0.3, -0.25) is 4.79 Å². The summed E-state index contributed by atoms with van der Waals surface area (Å²) >= 11 is 3.43. The molecule has 146 valence electrons. The van der Waals surface area contributed by atoms with Gasteiger partial charge in [-0.1, -0.05) is 42.5 Å². The summed E-state index contributed by atoms with van der Waals surface area (Å²) in [6.45, 7) is 1.12. The van der Waals surface area contributed by atoms with Crippen LogP contribution < -0.4 is 5.32 Å². The van der Waals surface area contributed by atoms with E-state index in [2.05, 4.69) is 55.1 Å². The lowest BCUT2D eigenvalue weighted by Gasteiger charge is -2.11. The maximum absolute atomic E-state index is 12.5. The van der Waals surface area contributed by atoms with Crippen molar-refractivity contribution in [1.29, 1.82) is 0 Å². The Bertz CT molecular complexity index is 1120. The molecule has 6 heteroatoms. The summed E-state index contributed by atoms with van der Waals surface area (Å²) in [6, 6.07) is 21.7. The Morgan fingerprint density at radius 2 is 1.76 bits per heavy atom. The zero-order valence-electron chi connectivity index (χ0n) is 15.9. The van der Waals surface area contributed by atoms with E-state index in [0.717, 1.165) is 34.3 Å². The summed E-state index contributed by atoms with van der Waals surface area (Å²) in [5, 5.41) is 3.00. The first-order valence-electron chi connectivity index (χ1n) is 9.59. The SMILES string of the molecule is O=C(NCCn1c(CCc2ccccc2)nc2cccnc21)c1ccccc1Br. The Balaban J connectivity index is 1.48. The third kappa shape index (κ3) is 4.54. The fraction of sp³-hybridized carbons (Fsp3) is 0.174. The Labute approximate surface area is 177 Å². The number of pyridine rings is 1. The molecule has 2 aromatic heterocycles. The number of hydrogen-bond donors (Lipinski definition) is 1. The quantitative estimate of drug-likeness (QED) is 0.455. The molecule has 0 bridgehead atoms. The second-order valence-corrected chi connectivity index (χ2v) is 7.60. The number of aromatic nitrogens is 3. The van der Waals surface area contributed by atoms with Crippen molar-refractivity contribution in [1.82, 2.24) is 19.9 Å². The van der Waals surface area contributed by atoms with E-state index in [4.69, 9.17) is 4.98 Å². The minimum absolute atomic E-state index is 0.0966. The first-order chi connectivity index (χ1) is 14.2. The van der Waals surface area contributed by atoms with Crippen molar-refractivity contribution in [2.24, 2.45) is 0 Å². The molecule has 1 amide bonds. The highest BCUT2D eigenvalue weighted by molar-refractivity contribution is 9.10. The molecule has 0 radical (unpaired) electrons. The van der Waals surface area contributed by atoms with Crippen molar-refractivity contribution >= 4 is 33.0 Å². The molecular weight excluding hydrogens is 428 g/mol. The molecule has 0 fully saturated rings. The molecule has 0 unspecified atom stereocenters. The molecule has 0 aliphatic heterocycles. The molecule has 1 N–H and O–H groups in total. The van der Waals surface area contributed by atoms with Crippen LogP contribution in [0.15, 0.2) is 77.4 Å². The number of halogens is 1. The second kappa shape index (κ2) is 9.01. The minimum Gasteiger partial charge on any atom is -0.350 e. The van der Waals surface area contributed by atoms with E-state index in [0.29, 0.717) is 18.7 Å². The zero-order valence-corrected chi connectivity index (χ0v) is 17.5.